The number of benzene rings is 1. The summed E-state index contributed by atoms with van der Waals surface area (Å²) in [6.45, 7) is 6.97. The molecule has 0 spiro atoms. The van der Waals surface area contributed by atoms with E-state index < -0.39 is 16.4 Å². The Morgan fingerprint density at radius 2 is 2.15 bits per heavy atom. The molecule has 5 nitrogen and oxygen atoms in total. The molecule has 0 saturated heterocycles. The van der Waals surface area contributed by atoms with Gasteiger partial charge in [-0.05, 0) is 17.5 Å². The lowest BCUT2D eigenvalue weighted by Gasteiger charge is -2.24. The second-order valence-corrected chi connectivity index (χ2v) is 5.16. The van der Waals surface area contributed by atoms with E-state index in [2.05, 4.69) is 18.7 Å². The Labute approximate surface area is 118 Å². The lowest BCUT2D eigenvalue weighted by molar-refractivity contribution is -0.387. The number of nitro groups is 1. The molecule has 20 heavy (non-hydrogen) atoms. The Hall–Kier alpha value is -1.53. The Bertz CT molecular complexity index is 452. The van der Waals surface area contributed by atoms with Crippen molar-refractivity contribution in [2.24, 2.45) is 5.92 Å². The number of ether oxygens (including phenoxy) is 1. The molecular formula is C14H21FN2O3. The summed E-state index contributed by atoms with van der Waals surface area (Å²) in [7, 11) is 1.64. The van der Waals surface area contributed by atoms with Crippen LogP contribution in [0.3, 0.4) is 0 Å². The molecule has 0 aliphatic rings. The standard InChI is InChI=1S/C14H21FN2O3/c1-11(2)9-16(6-7-20-3)10-12-4-5-14(17(18)19)13(15)8-12/h4-5,8,11H,6-7,9-10H2,1-3H3. The molecule has 1 aromatic rings. The van der Waals surface area contributed by atoms with Crippen molar-refractivity contribution in [2.75, 3.05) is 26.8 Å². The zero-order valence-electron chi connectivity index (χ0n) is 12.1. The van der Waals surface area contributed by atoms with E-state index in [-0.39, 0.29) is 0 Å². The first-order valence-electron chi connectivity index (χ1n) is 6.58. The fourth-order valence-electron chi connectivity index (χ4n) is 2.03. The van der Waals surface area contributed by atoms with E-state index in [0.29, 0.717) is 19.1 Å². The zero-order valence-corrected chi connectivity index (χ0v) is 12.1. The SMILES string of the molecule is COCCN(Cc1ccc([N+](=O)[O-])c(F)c1)CC(C)C. The van der Waals surface area contributed by atoms with Crippen LogP contribution in [0, 0.1) is 21.8 Å². The predicted octanol–water partition coefficient (Wildman–Crippen LogP) is 2.84. The molecule has 0 atom stereocenters. The van der Waals surface area contributed by atoms with E-state index in [9.17, 15) is 14.5 Å². The number of nitrogens with zero attached hydrogens (tertiary/aromatic N) is 2. The Morgan fingerprint density at radius 1 is 1.45 bits per heavy atom. The van der Waals surface area contributed by atoms with Crippen LogP contribution in [0.2, 0.25) is 0 Å². The van der Waals surface area contributed by atoms with E-state index in [0.717, 1.165) is 18.7 Å². The molecule has 0 aromatic heterocycles. The van der Waals surface area contributed by atoms with Crippen molar-refractivity contribution >= 4 is 5.69 Å². The number of methoxy groups -OCH3 is 1. The number of hydrogen-bond acceptors (Lipinski definition) is 4. The Balaban J connectivity index is 2.77. The molecular weight excluding hydrogens is 263 g/mol. The van der Waals surface area contributed by atoms with Gasteiger partial charge in [-0.1, -0.05) is 19.9 Å². The predicted molar refractivity (Wildman–Crippen MR) is 75.0 cm³/mol. The third-order valence-electron chi connectivity index (χ3n) is 2.85. The van der Waals surface area contributed by atoms with Gasteiger partial charge in [-0.15, -0.1) is 0 Å². The third-order valence-corrected chi connectivity index (χ3v) is 2.85. The summed E-state index contributed by atoms with van der Waals surface area (Å²) >= 11 is 0. The smallest absolute Gasteiger partial charge is 0.304 e. The molecule has 0 N–H and O–H groups in total. The fraction of sp³-hybridized carbons (Fsp3) is 0.571. The van der Waals surface area contributed by atoms with E-state index in [4.69, 9.17) is 4.74 Å². The monoisotopic (exact) mass is 284 g/mol. The van der Waals surface area contributed by atoms with Crippen LogP contribution in [0.4, 0.5) is 10.1 Å². The van der Waals surface area contributed by atoms with E-state index in [1.165, 1.54) is 12.1 Å². The normalized spacial score (nSPS) is 11.3. The van der Waals surface area contributed by atoms with Crippen LogP contribution in [0.25, 0.3) is 0 Å². The number of nitro benzene ring substituents is 1. The molecule has 0 aliphatic carbocycles. The lowest BCUT2D eigenvalue weighted by atomic mass is 10.1. The van der Waals surface area contributed by atoms with Gasteiger partial charge >= 0.3 is 5.69 Å². The molecule has 0 aliphatic heterocycles. The van der Waals surface area contributed by atoms with Gasteiger partial charge in [-0.2, -0.15) is 4.39 Å². The summed E-state index contributed by atoms with van der Waals surface area (Å²) in [5, 5.41) is 10.6. The molecule has 0 heterocycles. The van der Waals surface area contributed by atoms with Gasteiger partial charge in [0, 0.05) is 32.8 Å². The van der Waals surface area contributed by atoms with Gasteiger partial charge < -0.3 is 4.74 Å². The first-order chi connectivity index (χ1) is 9.43. The Morgan fingerprint density at radius 3 is 2.65 bits per heavy atom. The fourth-order valence-corrected chi connectivity index (χ4v) is 2.03. The van der Waals surface area contributed by atoms with Crippen LogP contribution >= 0.6 is 0 Å². The average molecular weight is 284 g/mol. The van der Waals surface area contributed by atoms with Crippen LogP contribution in [-0.2, 0) is 11.3 Å². The molecule has 0 radical (unpaired) electrons. The minimum atomic E-state index is -0.788. The van der Waals surface area contributed by atoms with E-state index in [1.54, 1.807) is 13.2 Å². The van der Waals surface area contributed by atoms with Crippen molar-refractivity contribution in [3.05, 3.63) is 39.7 Å². The van der Waals surface area contributed by atoms with E-state index in [1.807, 2.05) is 0 Å². The topological polar surface area (TPSA) is 55.6 Å². The van der Waals surface area contributed by atoms with Crippen molar-refractivity contribution in [3.8, 4) is 0 Å². The first-order valence-corrected chi connectivity index (χ1v) is 6.58. The van der Waals surface area contributed by atoms with Gasteiger partial charge in [-0.25, -0.2) is 0 Å². The summed E-state index contributed by atoms with van der Waals surface area (Å²) in [4.78, 5) is 12.0. The molecule has 0 bridgehead atoms. The first kappa shape index (κ1) is 16.5. The minimum Gasteiger partial charge on any atom is -0.383 e. The zero-order chi connectivity index (χ0) is 15.1. The summed E-state index contributed by atoms with van der Waals surface area (Å²) in [6, 6.07) is 4.05. The lowest BCUT2D eigenvalue weighted by Crippen LogP contribution is -2.30. The van der Waals surface area contributed by atoms with Crippen LogP contribution < -0.4 is 0 Å². The molecule has 0 saturated carbocycles. The number of rotatable bonds is 8. The molecule has 6 heteroatoms. The molecule has 112 valence electrons. The summed E-state index contributed by atoms with van der Waals surface area (Å²) in [5.74, 6) is -0.307. The maximum Gasteiger partial charge on any atom is 0.304 e. The van der Waals surface area contributed by atoms with Crippen molar-refractivity contribution in [3.63, 3.8) is 0 Å². The Kier molecular flexibility index (Phi) is 6.54. The van der Waals surface area contributed by atoms with Crippen molar-refractivity contribution in [1.29, 1.82) is 0 Å². The van der Waals surface area contributed by atoms with Crippen LogP contribution in [-0.4, -0.2) is 36.6 Å². The maximum absolute atomic E-state index is 13.6. The average Bonchev–Trinajstić information content (AvgIpc) is 2.35. The highest BCUT2D eigenvalue weighted by molar-refractivity contribution is 5.34. The summed E-state index contributed by atoms with van der Waals surface area (Å²) in [6.07, 6.45) is 0. The van der Waals surface area contributed by atoms with Gasteiger partial charge in [-0.3, -0.25) is 15.0 Å². The van der Waals surface area contributed by atoms with Crippen LogP contribution in [0.5, 0.6) is 0 Å². The maximum atomic E-state index is 13.6. The number of hydrogen-bond donors (Lipinski definition) is 0. The molecule has 0 amide bonds. The van der Waals surface area contributed by atoms with Gasteiger partial charge in [0.1, 0.15) is 0 Å². The summed E-state index contributed by atoms with van der Waals surface area (Å²) in [5.41, 5.74) is 0.242. The van der Waals surface area contributed by atoms with Crippen molar-refractivity contribution in [2.45, 2.75) is 20.4 Å². The highest BCUT2D eigenvalue weighted by Gasteiger charge is 2.15. The van der Waals surface area contributed by atoms with Gasteiger partial charge in [0.15, 0.2) is 0 Å². The van der Waals surface area contributed by atoms with Crippen LogP contribution in [0.1, 0.15) is 19.4 Å². The van der Waals surface area contributed by atoms with Crippen molar-refractivity contribution in [1.82, 2.24) is 4.90 Å². The highest BCUT2D eigenvalue weighted by Crippen LogP contribution is 2.19. The second-order valence-electron chi connectivity index (χ2n) is 5.16. The highest BCUT2D eigenvalue weighted by atomic mass is 19.1. The molecule has 0 fully saturated rings. The van der Waals surface area contributed by atoms with Gasteiger partial charge in [0.05, 0.1) is 11.5 Å². The van der Waals surface area contributed by atoms with Crippen molar-refractivity contribution < 1.29 is 14.1 Å². The number of halogens is 1. The quantitative estimate of drug-likeness (QED) is 0.544. The molecule has 1 aromatic carbocycles. The largest absolute Gasteiger partial charge is 0.383 e. The second kappa shape index (κ2) is 7.91. The molecule has 0 unspecified atom stereocenters. The van der Waals surface area contributed by atoms with Gasteiger partial charge in [0.2, 0.25) is 5.82 Å². The third kappa shape index (κ3) is 5.22. The summed E-state index contributed by atoms with van der Waals surface area (Å²) < 4.78 is 18.6. The van der Waals surface area contributed by atoms with Crippen LogP contribution in [0.15, 0.2) is 18.2 Å². The minimum absolute atomic E-state index is 0.481. The van der Waals surface area contributed by atoms with Gasteiger partial charge in [0.25, 0.3) is 0 Å². The van der Waals surface area contributed by atoms with E-state index >= 15 is 0 Å². The molecule has 1 rings (SSSR count).